The van der Waals surface area contributed by atoms with E-state index in [0.29, 0.717) is 5.75 Å². The second-order valence-corrected chi connectivity index (χ2v) is 2.57. The average molecular weight is 196 g/mol. The molecule has 0 saturated carbocycles. The molecule has 1 rings (SSSR count). The van der Waals surface area contributed by atoms with Gasteiger partial charge in [0.1, 0.15) is 17.1 Å². The Morgan fingerprint density at radius 2 is 2.21 bits per heavy atom. The summed E-state index contributed by atoms with van der Waals surface area (Å²) in [6.45, 7) is 1.96. The second-order valence-electron chi connectivity index (χ2n) is 2.57. The highest BCUT2D eigenvalue weighted by atomic mass is 16.5. The normalized spacial score (nSPS) is 9.57. The van der Waals surface area contributed by atoms with Crippen molar-refractivity contribution >= 4 is 5.97 Å². The van der Waals surface area contributed by atoms with Crippen LogP contribution in [0.4, 0.5) is 0 Å². The molecule has 0 fully saturated rings. The maximum Gasteiger partial charge on any atom is 0.345 e. The van der Waals surface area contributed by atoms with Gasteiger partial charge in [-0.1, -0.05) is 6.07 Å². The lowest BCUT2D eigenvalue weighted by atomic mass is 10.2. The zero-order valence-corrected chi connectivity index (χ0v) is 8.11. The van der Waals surface area contributed by atoms with Crippen LogP contribution in [0.15, 0.2) is 18.2 Å². The van der Waals surface area contributed by atoms with E-state index >= 15 is 0 Å². The first-order valence-electron chi connectivity index (χ1n) is 4.23. The summed E-state index contributed by atoms with van der Waals surface area (Å²) in [6, 6.07) is 4.59. The number of esters is 1. The SMILES string of the molecule is CCOC(=O)c1c(O)cccc1OC. The molecule has 1 aromatic rings. The fourth-order valence-corrected chi connectivity index (χ4v) is 1.10. The number of carbonyl (C=O) groups is 1. The van der Waals surface area contributed by atoms with Crippen molar-refractivity contribution in [3.8, 4) is 11.5 Å². The molecule has 0 amide bonds. The molecule has 0 aliphatic rings. The Labute approximate surface area is 82.1 Å². The van der Waals surface area contributed by atoms with Crippen molar-refractivity contribution in [1.29, 1.82) is 0 Å². The van der Waals surface area contributed by atoms with Crippen LogP contribution in [-0.2, 0) is 4.74 Å². The Bertz CT molecular complexity index is 333. The third-order valence-electron chi connectivity index (χ3n) is 1.70. The van der Waals surface area contributed by atoms with Gasteiger partial charge < -0.3 is 14.6 Å². The molecule has 0 aromatic heterocycles. The predicted molar refractivity (Wildman–Crippen MR) is 50.6 cm³/mol. The van der Waals surface area contributed by atoms with Gasteiger partial charge in [0.05, 0.1) is 13.7 Å². The van der Waals surface area contributed by atoms with Crippen molar-refractivity contribution in [2.75, 3.05) is 13.7 Å². The van der Waals surface area contributed by atoms with Gasteiger partial charge in [0.25, 0.3) is 0 Å². The molecule has 1 N–H and O–H groups in total. The first-order valence-corrected chi connectivity index (χ1v) is 4.23. The number of methoxy groups -OCH3 is 1. The van der Waals surface area contributed by atoms with Crippen LogP contribution in [0.1, 0.15) is 17.3 Å². The van der Waals surface area contributed by atoms with Crippen LogP contribution in [0.25, 0.3) is 0 Å². The summed E-state index contributed by atoms with van der Waals surface area (Å²) in [5.74, 6) is -0.409. The Balaban J connectivity index is 3.10. The number of benzene rings is 1. The van der Waals surface area contributed by atoms with E-state index in [4.69, 9.17) is 9.47 Å². The number of phenols is 1. The molecule has 0 saturated heterocycles. The largest absolute Gasteiger partial charge is 0.507 e. The van der Waals surface area contributed by atoms with Crippen LogP contribution < -0.4 is 4.74 Å². The standard InChI is InChI=1S/C10H12O4/c1-3-14-10(12)9-7(11)5-4-6-8(9)13-2/h4-6,11H,3H2,1-2H3. The molecule has 0 unspecified atom stereocenters. The van der Waals surface area contributed by atoms with Crippen molar-refractivity contribution in [1.82, 2.24) is 0 Å². The molecule has 0 aliphatic carbocycles. The van der Waals surface area contributed by atoms with Crippen LogP contribution in [0.2, 0.25) is 0 Å². The maximum absolute atomic E-state index is 11.4. The predicted octanol–water partition coefficient (Wildman–Crippen LogP) is 1.58. The highest BCUT2D eigenvalue weighted by Gasteiger charge is 2.17. The van der Waals surface area contributed by atoms with E-state index in [0.717, 1.165) is 0 Å². The zero-order chi connectivity index (χ0) is 10.6. The van der Waals surface area contributed by atoms with Gasteiger partial charge in [-0.3, -0.25) is 0 Å². The van der Waals surface area contributed by atoms with E-state index in [2.05, 4.69) is 0 Å². The molecule has 0 aliphatic heterocycles. The molecular weight excluding hydrogens is 184 g/mol. The summed E-state index contributed by atoms with van der Waals surface area (Å²) < 4.78 is 9.71. The average Bonchev–Trinajstić information content (AvgIpc) is 2.17. The highest BCUT2D eigenvalue weighted by molar-refractivity contribution is 5.95. The minimum atomic E-state index is -0.581. The molecule has 4 heteroatoms. The molecule has 14 heavy (non-hydrogen) atoms. The number of aromatic hydroxyl groups is 1. The minimum absolute atomic E-state index is 0.0665. The molecule has 0 spiro atoms. The van der Waals surface area contributed by atoms with E-state index in [9.17, 15) is 9.90 Å². The smallest absolute Gasteiger partial charge is 0.345 e. The van der Waals surface area contributed by atoms with Crippen LogP contribution in [-0.4, -0.2) is 24.8 Å². The van der Waals surface area contributed by atoms with Crippen molar-refractivity contribution in [3.05, 3.63) is 23.8 Å². The Kier molecular flexibility index (Phi) is 3.34. The molecular formula is C10H12O4. The quantitative estimate of drug-likeness (QED) is 0.745. The fourth-order valence-electron chi connectivity index (χ4n) is 1.10. The van der Waals surface area contributed by atoms with Crippen LogP contribution in [0.5, 0.6) is 11.5 Å². The van der Waals surface area contributed by atoms with E-state index < -0.39 is 5.97 Å². The Morgan fingerprint density at radius 1 is 1.50 bits per heavy atom. The zero-order valence-electron chi connectivity index (χ0n) is 8.11. The Hall–Kier alpha value is -1.71. The molecule has 76 valence electrons. The third-order valence-corrected chi connectivity index (χ3v) is 1.70. The number of ether oxygens (including phenoxy) is 2. The summed E-state index contributed by atoms with van der Waals surface area (Å²) >= 11 is 0. The first-order chi connectivity index (χ1) is 6.70. The van der Waals surface area contributed by atoms with Crippen molar-refractivity contribution < 1.29 is 19.4 Å². The van der Waals surface area contributed by atoms with Gasteiger partial charge in [-0.15, -0.1) is 0 Å². The summed E-state index contributed by atoms with van der Waals surface area (Å²) in [5, 5.41) is 9.44. The van der Waals surface area contributed by atoms with E-state index in [-0.39, 0.29) is 17.9 Å². The van der Waals surface area contributed by atoms with Gasteiger partial charge in [-0.2, -0.15) is 0 Å². The number of hydrogen-bond acceptors (Lipinski definition) is 4. The molecule has 4 nitrogen and oxygen atoms in total. The monoisotopic (exact) mass is 196 g/mol. The molecule has 0 bridgehead atoms. The molecule has 1 aromatic carbocycles. The van der Waals surface area contributed by atoms with Crippen LogP contribution in [0.3, 0.4) is 0 Å². The summed E-state index contributed by atoms with van der Waals surface area (Å²) in [5.41, 5.74) is 0.0665. The number of hydrogen-bond donors (Lipinski definition) is 1. The molecule has 0 atom stereocenters. The van der Waals surface area contributed by atoms with E-state index in [1.807, 2.05) is 0 Å². The number of carbonyl (C=O) groups excluding carboxylic acids is 1. The third kappa shape index (κ3) is 1.96. The lowest BCUT2D eigenvalue weighted by molar-refractivity contribution is 0.0519. The van der Waals surface area contributed by atoms with Crippen molar-refractivity contribution in [2.45, 2.75) is 6.92 Å². The van der Waals surface area contributed by atoms with Crippen LogP contribution >= 0.6 is 0 Å². The van der Waals surface area contributed by atoms with Crippen molar-refractivity contribution in [2.24, 2.45) is 0 Å². The van der Waals surface area contributed by atoms with Gasteiger partial charge in [0.15, 0.2) is 0 Å². The van der Waals surface area contributed by atoms with E-state index in [1.54, 1.807) is 19.1 Å². The summed E-state index contributed by atoms with van der Waals surface area (Å²) in [6.07, 6.45) is 0. The molecule has 0 heterocycles. The summed E-state index contributed by atoms with van der Waals surface area (Å²) in [4.78, 5) is 11.4. The van der Waals surface area contributed by atoms with Gasteiger partial charge in [-0.25, -0.2) is 4.79 Å². The van der Waals surface area contributed by atoms with E-state index in [1.165, 1.54) is 13.2 Å². The lowest BCUT2D eigenvalue weighted by Crippen LogP contribution is -2.06. The van der Waals surface area contributed by atoms with Gasteiger partial charge in [0, 0.05) is 0 Å². The van der Waals surface area contributed by atoms with Gasteiger partial charge >= 0.3 is 5.97 Å². The maximum atomic E-state index is 11.4. The van der Waals surface area contributed by atoms with Gasteiger partial charge in [-0.05, 0) is 19.1 Å². The molecule has 0 radical (unpaired) electrons. The fraction of sp³-hybridized carbons (Fsp3) is 0.300. The second kappa shape index (κ2) is 4.50. The Morgan fingerprint density at radius 3 is 2.79 bits per heavy atom. The number of rotatable bonds is 3. The first kappa shape index (κ1) is 10.4. The lowest BCUT2D eigenvalue weighted by Gasteiger charge is -2.08. The van der Waals surface area contributed by atoms with Crippen molar-refractivity contribution in [3.63, 3.8) is 0 Å². The number of phenolic OH excluding ortho intramolecular Hbond substituents is 1. The van der Waals surface area contributed by atoms with Gasteiger partial charge in [0.2, 0.25) is 0 Å². The van der Waals surface area contributed by atoms with Crippen LogP contribution in [0, 0.1) is 0 Å². The summed E-state index contributed by atoms with van der Waals surface area (Å²) in [7, 11) is 1.43. The highest BCUT2D eigenvalue weighted by Crippen LogP contribution is 2.27. The minimum Gasteiger partial charge on any atom is -0.507 e. The topological polar surface area (TPSA) is 55.8 Å².